The molecule has 158 valence electrons. The molecule has 0 saturated carbocycles. The molecule has 0 aliphatic carbocycles. The maximum atomic E-state index is 13.1. The summed E-state index contributed by atoms with van der Waals surface area (Å²) in [5, 5.41) is 5.03. The van der Waals surface area contributed by atoms with Gasteiger partial charge in [0.25, 0.3) is 5.91 Å². The van der Waals surface area contributed by atoms with Crippen LogP contribution in [-0.4, -0.2) is 31.1 Å². The predicted octanol–water partition coefficient (Wildman–Crippen LogP) is 4.23. The number of hydrogen-bond acceptors (Lipinski definition) is 4. The minimum Gasteiger partial charge on any atom is -0.497 e. The van der Waals surface area contributed by atoms with Gasteiger partial charge in [-0.25, -0.2) is 0 Å². The number of carbonyl (C=O) groups excluding carboxylic acids is 2. The molecular formula is C25H24N2O4. The molecule has 0 saturated heterocycles. The van der Waals surface area contributed by atoms with Gasteiger partial charge in [-0.2, -0.15) is 0 Å². The number of rotatable bonds is 4. The Labute approximate surface area is 180 Å². The van der Waals surface area contributed by atoms with Gasteiger partial charge in [0, 0.05) is 22.9 Å². The summed E-state index contributed by atoms with van der Waals surface area (Å²) < 4.78 is 11.4. The van der Waals surface area contributed by atoms with E-state index in [9.17, 15) is 9.59 Å². The number of fused-ring (bicyclic) bond motifs is 1. The van der Waals surface area contributed by atoms with Crippen LogP contribution in [0.25, 0.3) is 10.8 Å². The topological polar surface area (TPSA) is 67.9 Å². The van der Waals surface area contributed by atoms with Crippen molar-refractivity contribution in [3.8, 4) is 11.5 Å². The molecule has 0 radical (unpaired) electrons. The number of ether oxygens (including phenoxy) is 2. The summed E-state index contributed by atoms with van der Waals surface area (Å²) in [5.41, 5.74) is 1.88. The van der Waals surface area contributed by atoms with E-state index in [4.69, 9.17) is 9.47 Å². The number of nitrogens with zero attached hydrogens (tertiary/aromatic N) is 1. The summed E-state index contributed by atoms with van der Waals surface area (Å²) in [6.07, 6.45) is 0.614. The van der Waals surface area contributed by atoms with Crippen molar-refractivity contribution in [2.75, 3.05) is 18.6 Å². The Kier molecular flexibility index (Phi) is 4.39. The Morgan fingerprint density at radius 3 is 2.74 bits per heavy atom. The molecule has 3 aromatic rings. The van der Waals surface area contributed by atoms with E-state index in [-0.39, 0.29) is 24.4 Å². The van der Waals surface area contributed by atoms with Crippen LogP contribution in [0.15, 0.2) is 54.6 Å². The maximum absolute atomic E-state index is 13.1. The monoisotopic (exact) mass is 416 g/mol. The molecule has 6 nitrogen and oxygen atoms in total. The van der Waals surface area contributed by atoms with Crippen LogP contribution in [-0.2, 0) is 4.79 Å². The van der Waals surface area contributed by atoms with Crippen LogP contribution in [0.2, 0.25) is 0 Å². The molecule has 2 aliphatic rings. The van der Waals surface area contributed by atoms with Crippen LogP contribution < -0.4 is 19.7 Å². The lowest BCUT2D eigenvalue weighted by molar-refractivity contribution is -0.121. The fraction of sp³-hybridized carbons (Fsp3) is 0.280. The lowest BCUT2D eigenvalue weighted by atomic mass is 9.89. The zero-order valence-corrected chi connectivity index (χ0v) is 17.8. The Morgan fingerprint density at radius 1 is 1.19 bits per heavy atom. The molecular weight excluding hydrogens is 392 g/mol. The van der Waals surface area contributed by atoms with Gasteiger partial charge in [0.1, 0.15) is 23.6 Å². The molecule has 0 bridgehead atoms. The largest absolute Gasteiger partial charge is 0.497 e. The highest BCUT2D eigenvalue weighted by Crippen LogP contribution is 2.41. The smallest absolute Gasteiger partial charge is 0.259 e. The molecule has 1 unspecified atom stereocenters. The Balaban J connectivity index is 1.41. The molecule has 0 spiro atoms. The van der Waals surface area contributed by atoms with E-state index in [0.717, 1.165) is 27.8 Å². The normalized spacial score (nSPS) is 18.5. The van der Waals surface area contributed by atoms with E-state index < -0.39 is 5.60 Å². The molecule has 3 aromatic carbocycles. The zero-order chi connectivity index (χ0) is 21.8. The van der Waals surface area contributed by atoms with Crippen molar-refractivity contribution >= 4 is 28.3 Å². The summed E-state index contributed by atoms with van der Waals surface area (Å²) in [5.74, 6) is 1.08. The van der Waals surface area contributed by atoms with E-state index in [2.05, 4.69) is 5.32 Å². The van der Waals surface area contributed by atoms with Gasteiger partial charge in [-0.15, -0.1) is 0 Å². The number of carbonyl (C=O) groups is 2. The predicted molar refractivity (Wildman–Crippen MR) is 119 cm³/mol. The number of amides is 2. The molecule has 2 amide bonds. The number of anilines is 1. The quantitative estimate of drug-likeness (QED) is 0.691. The van der Waals surface area contributed by atoms with Gasteiger partial charge in [0.05, 0.1) is 18.8 Å². The van der Waals surface area contributed by atoms with Crippen molar-refractivity contribution in [3.63, 3.8) is 0 Å². The van der Waals surface area contributed by atoms with Gasteiger partial charge in [-0.3, -0.25) is 14.5 Å². The van der Waals surface area contributed by atoms with Crippen LogP contribution >= 0.6 is 0 Å². The average Bonchev–Trinajstić information content (AvgIpc) is 3.01. The van der Waals surface area contributed by atoms with Gasteiger partial charge in [-0.05, 0) is 49.6 Å². The molecule has 1 atom stereocenters. The molecule has 31 heavy (non-hydrogen) atoms. The van der Waals surface area contributed by atoms with Crippen LogP contribution in [0.1, 0.15) is 42.2 Å². The molecule has 5 rings (SSSR count). The molecule has 2 aliphatic heterocycles. The highest BCUT2D eigenvalue weighted by atomic mass is 16.5. The average molecular weight is 416 g/mol. The highest BCUT2D eigenvalue weighted by Gasteiger charge is 2.36. The third kappa shape index (κ3) is 3.28. The van der Waals surface area contributed by atoms with Crippen LogP contribution in [0.3, 0.4) is 0 Å². The first kappa shape index (κ1) is 19.4. The Bertz CT molecular complexity index is 1210. The van der Waals surface area contributed by atoms with Gasteiger partial charge in [0.2, 0.25) is 5.91 Å². The van der Waals surface area contributed by atoms with Crippen LogP contribution in [0, 0.1) is 0 Å². The highest BCUT2D eigenvalue weighted by molar-refractivity contribution is 6.26. The van der Waals surface area contributed by atoms with Crippen molar-refractivity contribution in [3.05, 3.63) is 65.7 Å². The summed E-state index contributed by atoms with van der Waals surface area (Å²) in [6, 6.07) is 16.8. The standard InChI is InChI=1S/C25H24N2O4/c1-25(2)13-19(18-12-16(30-3)10-11-21(18)31-25)26-22(28)14-27-20-9-5-7-15-6-4-8-17(23(15)20)24(27)29/h4-12,19H,13-14H2,1-3H3,(H,26,28). The Hall–Kier alpha value is -3.54. The molecule has 0 fully saturated rings. The summed E-state index contributed by atoms with van der Waals surface area (Å²) >= 11 is 0. The fourth-order valence-electron chi connectivity index (χ4n) is 4.61. The van der Waals surface area contributed by atoms with Crippen LogP contribution in [0.5, 0.6) is 11.5 Å². The van der Waals surface area contributed by atoms with E-state index >= 15 is 0 Å². The number of nitrogens with one attached hydrogen (secondary N) is 1. The van der Waals surface area contributed by atoms with Gasteiger partial charge < -0.3 is 14.8 Å². The molecule has 6 heteroatoms. The third-order valence-corrected chi connectivity index (χ3v) is 5.96. The minimum atomic E-state index is -0.426. The van der Waals surface area contributed by atoms with E-state index in [1.54, 1.807) is 12.0 Å². The van der Waals surface area contributed by atoms with Crippen LogP contribution in [0.4, 0.5) is 5.69 Å². The van der Waals surface area contributed by atoms with Gasteiger partial charge >= 0.3 is 0 Å². The van der Waals surface area contributed by atoms with Crippen molar-refractivity contribution < 1.29 is 19.1 Å². The second kappa shape index (κ2) is 7.01. The van der Waals surface area contributed by atoms with Gasteiger partial charge in [0.15, 0.2) is 0 Å². The van der Waals surface area contributed by atoms with Crippen molar-refractivity contribution in [2.45, 2.75) is 31.9 Å². The SMILES string of the molecule is COc1ccc2c(c1)C(NC(=O)CN1C(=O)c3cccc4cccc1c34)CC(C)(C)O2. The lowest BCUT2D eigenvalue weighted by Gasteiger charge is -2.38. The minimum absolute atomic E-state index is 0.0380. The first-order valence-electron chi connectivity index (χ1n) is 10.4. The van der Waals surface area contributed by atoms with Crippen molar-refractivity contribution in [1.82, 2.24) is 5.32 Å². The van der Waals surface area contributed by atoms with E-state index in [1.165, 1.54) is 0 Å². The lowest BCUT2D eigenvalue weighted by Crippen LogP contribution is -2.45. The van der Waals surface area contributed by atoms with E-state index in [0.29, 0.717) is 17.7 Å². The summed E-state index contributed by atoms with van der Waals surface area (Å²) in [7, 11) is 1.61. The summed E-state index contributed by atoms with van der Waals surface area (Å²) in [6.45, 7) is 3.96. The summed E-state index contributed by atoms with van der Waals surface area (Å²) in [4.78, 5) is 27.6. The molecule has 0 aromatic heterocycles. The van der Waals surface area contributed by atoms with E-state index in [1.807, 2.05) is 68.4 Å². The van der Waals surface area contributed by atoms with Crippen molar-refractivity contribution in [1.29, 1.82) is 0 Å². The first-order valence-corrected chi connectivity index (χ1v) is 10.4. The molecule has 2 heterocycles. The number of methoxy groups -OCH3 is 1. The second-order valence-corrected chi connectivity index (χ2v) is 8.66. The number of benzene rings is 3. The number of hydrogen-bond donors (Lipinski definition) is 1. The zero-order valence-electron chi connectivity index (χ0n) is 17.8. The maximum Gasteiger partial charge on any atom is 0.259 e. The second-order valence-electron chi connectivity index (χ2n) is 8.66. The van der Waals surface area contributed by atoms with Gasteiger partial charge in [-0.1, -0.05) is 24.3 Å². The molecule has 1 N–H and O–H groups in total. The Morgan fingerprint density at radius 2 is 1.97 bits per heavy atom. The first-order chi connectivity index (χ1) is 14.9. The third-order valence-electron chi connectivity index (χ3n) is 5.96. The van der Waals surface area contributed by atoms with Crippen molar-refractivity contribution in [2.24, 2.45) is 0 Å². The fourth-order valence-corrected chi connectivity index (χ4v) is 4.61.